The second-order valence-electron chi connectivity index (χ2n) is 7.16. The van der Waals surface area contributed by atoms with Gasteiger partial charge in [-0.15, -0.1) is 0 Å². The van der Waals surface area contributed by atoms with Gasteiger partial charge in [-0.25, -0.2) is 4.79 Å². The normalized spacial score (nSPS) is 17.3. The zero-order valence-electron chi connectivity index (χ0n) is 16.7. The van der Waals surface area contributed by atoms with Crippen LogP contribution in [0.15, 0.2) is 36.4 Å². The highest BCUT2D eigenvalue weighted by Gasteiger charge is 2.34. The van der Waals surface area contributed by atoms with Gasteiger partial charge in [0.15, 0.2) is 6.61 Å². The van der Waals surface area contributed by atoms with Crippen LogP contribution in [0.4, 0.5) is 21.9 Å². The summed E-state index contributed by atoms with van der Waals surface area (Å²) in [5.74, 6) is 0.559. The molecule has 2 aliphatic heterocycles. The first-order valence-electron chi connectivity index (χ1n) is 9.73. The van der Waals surface area contributed by atoms with Gasteiger partial charge in [0.25, 0.3) is 5.91 Å². The standard InChI is InChI=1S/C21H21ClN4O5/c1-30-13-6-4-12(5-7-13)23-20(28)17-3-2-8-26(17)21(29)25-15-10-18-16(9-14(15)22)24-19(27)11-31-18/h4-7,9-10,17H,2-3,8,11H2,1H3,(H,23,28)(H,24,27)(H,25,29)/t17-/m0/s1. The van der Waals surface area contributed by atoms with E-state index in [4.69, 9.17) is 21.1 Å². The SMILES string of the molecule is COc1ccc(NC(=O)[C@@H]2CCCN2C(=O)Nc2cc3c(cc2Cl)NC(=O)CO3)cc1. The summed E-state index contributed by atoms with van der Waals surface area (Å²) in [6.07, 6.45) is 1.27. The van der Waals surface area contributed by atoms with Crippen LogP contribution in [0, 0.1) is 0 Å². The van der Waals surface area contributed by atoms with Gasteiger partial charge in [-0.2, -0.15) is 0 Å². The average Bonchev–Trinajstić information content (AvgIpc) is 3.25. The Hall–Kier alpha value is -3.46. The van der Waals surface area contributed by atoms with Gasteiger partial charge in [0.2, 0.25) is 5.91 Å². The molecule has 10 heteroatoms. The molecule has 2 aromatic rings. The van der Waals surface area contributed by atoms with Crippen LogP contribution in [0.2, 0.25) is 5.02 Å². The number of hydrogen-bond donors (Lipinski definition) is 3. The molecule has 0 saturated carbocycles. The molecule has 4 amide bonds. The Kier molecular flexibility index (Phi) is 5.85. The van der Waals surface area contributed by atoms with Crippen LogP contribution in [-0.2, 0) is 9.59 Å². The molecule has 0 unspecified atom stereocenters. The molecule has 2 aliphatic rings. The number of halogens is 1. The maximum absolute atomic E-state index is 12.9. The molecule has 1 fully saturated rings. The third-order valence-electron chi connectivity index (χ3n) is 5.12. The fraction of sp³-hybridized carbons (Fsp3) is 0.286. The minimum Gasteiger partial charge on any atom is -0.497 e. The fourth-order valence-electron chi connectivity index (χ4n) is 3.57. The molecule has 0 spiro atoms. The molecule has 0 aromatic heterocycles. The van der Waals surface area contributed by atoms with Gasteiger partial charge < -0.3 is 30.3 Å². The number of anilines is 3. The van der Waals surface area contributed by atoms with Crippen molar-refractivity contribution in [3.8, 4) is 11.5 Å². The number of benzene rings is 2. The largest absolute Gasteiger partial charge is 0.497 e. The van der Waals surface area contributed by atoms with E-state index < -0.39 is 12.1 Å². The van der Waals surface area contributed by atoms with Gasteiger partial charge in [0, 0.05) is 18.3 Å². The summed E-state index contributed by atoms with van der Waals surface area (Å²) in [6.45, 7) is 0.337. The third-order valence-corrected chi connectivity index (χ3v) is 5.43. The lowest BCUT2D eigenvalue weighted by Crippen LogP contribution is -2.45. The first-order chi connectivity index (χ1) is 14.9. The maximum atomic E-state index is 12.9. The minimum atomic E-state index is -0.603. The summed E-state index contributed by atoms with van der Waals surface area (Å²) in [5.41, 5.74) is 1.40. The van der Waals surface area contributed by atoms with Crippen LogP contribution in [0.5, 0.6) is 11.5 Å². The number of rotatable bonds is 4. The number of amides is 4. The Morgan fingerprint density at radius 1 is 1.23 bits per heavy atom. The monoisotopic (exact) mass is 444 g/mol. The van der Waals surface area contributed by atoms with Crippen LogP contribution in [0.25, 0.3) is 0 Å². The summed E-state index contributed by atoms with van der Waals surface area (Å²) >= 11 is 6.26. The van der Waals surface area contributed by atoms with Crippen molar-refractivity contribution in [2.24, 2.45) is 0 Å². The smallest absolute Gasteiger partial charge is 0.322 e. The first-order valence-corrected chi connectivity index (χ1v) is 10.1. The summed E-state index contributed by atoms with van der Waals surface area (Å²) in [4.78, 5) is 38.6. The van der Waals surface area contributed by atoms with Crippen molar-refractivity contribution in [1.29, 1.82) is 0 Å². The molecule has 0 radical (unpaired) electrons. The van der Waals surface area contributed by atoms with Crippen molar-refractivity contribution in [2.45, 2.75) is 18.9 Å². The first kappa shape index (κ1) is 20.8. The lowest BCUT2D eigenvalue weighted by molar-refractivity contribution is -0.120. The van der Waals surface area contributed by atoms with E-state index in [0.717, 1.165) is 0 Å². The van der Waals surface area contributed by atoms with E-state index in [1.54, 1.807) is 37.4 Å². The molecule has 3 N–H and O–H groups in total. The highest BCUT2D eigenvalue weighted by Crippen LogP contribution is 2.36. The maximum Gasteiger partial charge on any atom is 0.322 e. The van der Waals surface area contributed by atoms with Gasteiger partial charge >= 0.3 is 6.03 Å². The van der Waals surface area contributed by atoms with Crippen molar-refractivity contribution in [2.75, 3.05) is 36.2 Å². The Morgan fingerprint density at radius 3 is 2.74 bits per heavy atom. The number of nitrogens with zero attached hydrogens (tertiary/aromatic N) is 1. The number of urea groups is 1. The predicted octanol–water partition coefficient (Wildman–Crippen LogP) is 3.31. The number of methoxy groups -OCH3 is 1. The Morgan fingerprint density at radius 2 is 2.00 bits per heavy atom. The van der Waals surface area contributed by atoms with E-state index in [9.17, 15) is 14.4 Å². The Balaban J connectivity index is 1.44. The molecule has 4 rings (SSSR count). The number of carbonyl (C=O) groups excluding carboxylic acids is 3. The van der Waals surface area contributed by atoms with E-state index in [1.165, 1.54) is 11.0 Å². The van der Waals surface area contributed by atoms with E-state index >= 15 is 0 Å². The molecule has 0 bridgehead atoms. The molecule has 1 saturated heterocycles. The summed E-state index contributed by atoms with van der Waals surface area (Å²) in [5, 5.41) is 8.48. The van der Waals surface area contributed by atoms with E-state index in [1.807, 2.05) is 0 Å². The quantitative estimate of drug-likeness (QED) is 0.670. The second-order valence-corrected chi connectivity index (χ2v) is 7.57. The van der Waals surface area contributed by atoms with Gasteiger partial charge in [0.05, 0.1) is 23.5 Å². The number of nitrogens with one attached hydrogen (secondary N) is 3. The number of hydrogen-bond acceptors (Lipinski definition) is 5. The zero-order valence-corrected chi connectivity index (χ0v) is 17.5. The molecule has 2 aromatic carbocycles. The van der Waals surface area contributed by atoms with E-state index in [2.05, 4.69) is 16.0 Å². The predicted molar refractivity (Wildman–Crippen MR) is 116 cm³/mol. The van der Waals surface area contributed by atoms with Crippen molar-refractivity contribution in [3.05, 3.63) is 41.4 Å². The molecular formula is C21H21ClN4O5. The molecule has 9 nitrogen and oxygen atoms in total. The second kappa shape index (κ2) is 8.73. The fourth-order valence-corrected chi connectivity index (χ4v) is 3.78. The molecular weight excluding hydrogens is 424 g/mol. The highest BCUT2D eigenvalue weighted by atomic mass is 35.5. The zero-order chi connectivity index (χ0) is 22.0. The van der Waals surface area contributed by atoms with Crippen LogP contribution in [0.1, 0.15) is 12.8 Å². The lowest BCUT2D eigenvalue weighted by atomic mass is 10.2. The highest BCUT2D eigenvalue weighted by molar-refractivity contribution is 6.34. The van der Waals surface area contributed by atoms with E-state index in [0.29, 0.717) is 47.9 Å². The molecule has 2 heterocycles. The topological polar surface area (TPSA) is 109 Å². The molecule has 162 valence electrons. The van der Waals surface area contributed by atoms with Crippen LogP contribution in [-0.4, -0.2) is 49.0 Å². The van der Waals surface area contributed by atoms with Crippen molar-refractivity contribution in [3.63, 3.8) is 0 Å². The van der Waals surface area contributed by atoms with Crippen molar-refractivity contribution < 1.29 is 23.9 Å². The van der Waals surface area contributed by atoms with Gasteiger partial charge in [-0.05, 0) is 43.2 Å². The van der Waals surface area contributed by atoms with Crippen molar-refractivity contribution >= 4 is 46.5 Å². The van der Waals surface area contributed by atoms with Crippen molar-refractivity contribution in [1.82, 2.24) is 4.90 Å². The number of likely N-dealkylation sites (tertiary alicyclic amines) is 1. The summed E-state index contributed by atoms with van der Waals surface area (Å²) in [7, 11) is 1.57. The summed E-state index contributed by atoms with van der Waals surface area (Å²) < 4.78 is 10.5. The van der Waals surface area contributed by atoms with Gasteiger partial charge in [-0.3, -0.25) is 9.59 Å². The Labute approximate surface area is 183 Å². The average molecular weight is 445 g/mol. The van der Waals surface area contributed by atoms with Crippen LogP contribution < -0.4 is 25.4 Å². The van der Waals surface area contributed by atoms with Gasteiger partial charge in [0.1, 0.15) is 17.5 Å². The Bertz CT molecular complexity index is 1030. The number of carbonyl (C=O) groups is 3. The number of ether oxygens (including phenoxy) is 2. The van der Waals surface area contributed by atoms with Crippen LogP contribution in [0.3, 0.4) is 0 Å². The summed E-state index contributed by atoms with van der Waals surface area (Å²) in [6, 6.07) is 9.00. The number of fused-ring (bicyclic) bond motifs is 1. The van der Waals surface area contributed by atoms with E-state index in [-0.39, 0.29) is 23.4 Å². The van der Waals surface area contributed by atoms with Gasteiger partial charge in [-0.1, -0.05) is 11.6 Å². The molecule has 0 aliphatic carbocycles. The lowest BCUT2D eigenvalue weighted by Gasteiger charge is -2.25. The molecule has 1 atom stereocenters. The van der Waals surface area contributed by atoms with Crippen LogP contribution >= 0.6 is 11.6 Å². The molecule has 31 heavy (non-hydrogen) atoms. The third kappa shape index (κ3) is 4.51. The minimum absolute atomic E-state index is 0.109.